The van der Waals surface area contributed by atoms with Crippen LogP contribution in [0.1, 0.15) is 12.8 Å². The highest BCUT2D eigenvalue weighted by atomic mass is 19.3. The topological polar surface area (TPSA) is 20.2 Å². The molecule has 1 saturated carbocycles. The van der Waals surface area contributed by atoms with Gasteiger partial charge in [-0.05, 0) is 6.42 Å². The number of halogens is 4. The van der Waals surface area contributed by atoms with Crippen LogP contribution in [0.4, 0.5) is 17.6 Å². The zero-order valence-electron chi connectivity index (χ0n) is 4.87. The van der Waals surface area contributed by atoms with Crippen molar-refractivity contribution in [3.8, 4) is 0 Å². The summed E-state index contributed by atoms with van der Waals surface area (Å²) in [5, 5.41) is 8.22. The van der Waals surface area contributed by atoms with Crippen molar-refractivity contribution >= 4 is 0 Å². The number of alkyl halides is 3. The minimum Gasteiger partial charge on any atom is -0.357 e. The van der Waals surface area contributed by atoms with Gasteiger partial charge in [0.25, 0.3) is 5.85 Å². The number of hydrogen-bond acceptors (Lipinski definition) is 1. The first-order valence-corrected chi connectivity index (χ1v) is 2.69. The van der Waals surface area contributed by atoms with E-state index < -0.39 is 30.8 Å². The zero-order chi connectivity index (χ0) is 7.99. The van der Waals surface area contributed by atoms with Gasteiger partial charge >= 0.3 is 5.92 Å². The van der Waals surface area contributed by atoms with Crippen LogP contribution in [-0.2, 0) is 0 Å². The van der Waals surface area contributed by atoms with Crippen LogP contribution in [0.5, 0.6) is 0 Å². The van der Waals surface area contributed by atoms with E-state index in [0.29, 0.717) is 0 Å². The molecule has 0 amide bonds. The average molecular weight is 157 g/mol. The normalized spacial score (nSPS) is 40.5. The molecule has 59 valence electrons. The molecule has 5 heteroatoms. The Hall–Kier alpha value is -0.320. The Morgan fingerprint density at radius 1 is 1.30 bits per heavy atom. The van der Waals surface area contributed by atoms with Gasteiger partial charge in [-0.1, -0.05) is 0 Å². The molecule has 1 fully saturated rings. The van der Waals surface area contributed by atoms with Gasteiger partial charge in [0.2, 0.25) is 6.17 Å². The summed E-state index contributed by atoms with van der Waals surface area (Å²) >= 11 is 0. The second kappa shape index (κ2) is 1.84. The van der Waals surface area contributed by atoms with Crippen molar-refractivity contribution in [1.29, 1.82) is 0 Å². The lowest BCUT2D eigenvalue weighted by Gasteiger charge is -2.20. The predicted octanol–water partition coefficient (Wildman–Crippen LogP) is 1.58. The van der Waals surface area contributed by atoms with Crippen molar-refractivity contribution in [2.24, 2.45) is 0 Å². The van der Waals surface area contributed by atoms with Crippen LogP contribution in [0.2, 0.25) is 0 Å². The third-order valence-electron chi connectivity index (χ3n) is 1.50. The summed E-state index contributed by atoms with van der Waals surface area (Å²) in [5.74, 6) is -8.00. The van der Waals surface area contributed by atoms with Crippen LogP contribution < -0.4 is 0 Å². The van der Waals surface area contributed by atoms with E-state index in [1.165, 1.54) is 0 Å². The molecular formula is C5H5F4O. The Morgan fingerprint density at radius 2 is 1.80 bits per heavy atom. The van der Waals surface area contributed by atoms with E-state index in [1.54, 1.807) is 0 Å². The Labute approximate surface area is 54.6 Å². The van der Waals surface area contributed by atoms with Crippen LogP contribution in [-0.4, -0.2) is 16.9 Å². The van der Waals surface area contributed by atoms with Gasteiger partial charge < -0.3 is 5.11 Å². The second-order valence-electron chi connectivity index (χ2n) is 2.24. The molecule has 1 rings (SSSR count). The quantitative estimate of drug-likeness (QED) is 0.529. The zero-order valence-corrected chi connectivity index (χ0v) is 4.87. The van der Waals surface area contributed by atoms with Crippen LogP contribution in [0, 0.1) is 6.17 Å². The van der Waals surface area contributed by atoms with Crippen molar-refractivity contribution in [3.05, 3.63) is 6.17 Å². The summed E-state index contributed by atoms with van der Waals surface area (Å²) < 4.78 is 48.3. The molecule has 1 aliphatic rings. The molecule has 0 aliphatic heterocycles. The molecular weight excluding hydrogens is 152 g/mol. The van der Waals surface area contributed by atoms with Gasteiger partial charge in [-0.25, -0.2) is 8.78 Å². The monoisotopic (exact) mass is 157 g/mol. The molecule has 0 saturated heterocycles. The molecule has 0 aromatic carbocycles. The average Bonchev–Trinajstić information content (AvgIpc) is 1.94. The van der Waals surface area contributed by atoms with Gasteiger partial charge in [0, 0.05) is 6.42 Å². The Kier molecular flexibility index (Phi) is 1.43. The Balaban J connectivity index is 2.84. The molecule has 1 N–H and O–H groups in total. The molecule has 0 aromatic rings. The highest BCUT2D eigenvalue weighted by Crippen LogP contribution is 2.50. The smallest absolute Gasteiger partial charge is 0.341 e. The lowest BCUT2D eigenvalue weighted by Crippen LogP contribution is -2.40. The van der Waals surface area contributed by atoms with E-state index in [9.17, 15) is 17.6 Å². The third-order valence-corrected chi connectivity index (χ3v) is 1.50. The molecule has 1 radical (unpaired) electrons. The van der Waals surface area contributed by atoms with E-state index in [2.05, 4.69) is 0 Å². The highest BCUT2D eigenvalue weighted by Gasteiger charge is 2.65. The van der Waals surface area contributed by atoms with Crippen molar-refractivity contribution < 1.29 is 22.7 Å². The van der Waals surface area contributed by atoms with Gasteiger partial charge in [-0.2, -0.15) is 8.78 Å². The first-order chi connectivity index (χ1) is 4.38. The summed E-state index contributed by atoms with van der Waals surface area (Å²) in [6.07, 6.45) is -3.36. The summed E-state index contributed by atoms with van der Waals surface area (Å²) in [6, 6.07) is 0. The number of aliphatic hydroxyl groups is 1. The van der Waals surface area contributed by atoms with Gasteiger partial charge in [0.15, 0.2) is 0 Å². The molecule has 0 spiro atoms. The highest BCUT2D eigenvalue weighted by molar-refractivity contribution is 5.09. The van der Waals surface area contributed by atoms with Gasteiger partial charge in [-0.15, -0.1) is 0 Å². The summed E-state index contributed by atoms with van der Waals surface area (Å²) in [4.78, 5) is 0. The van der Waals surface area contributed by atoms with Crippen LogP contribution >= 0.6 is 0 Å². The number of rotatable bonds is 0. The Morgan fingerprint density at radius 3 is 1.90 bits per heavy atom. The summed E-state index contributed by atoms with van der Waals surface area (Å²) in [5.41, 5.74) is 0. The maximum atomic E-state index is 12.2. The first-order valence-electron chi connectivity index (χ1n) is 2.69. The molecule has 1 aliphatic carbocycles. The SMILES string of the molecule is OC1(F)CC[C](F)C1(F)F. The first kappa shape index (κ1) is 7.78. The fourth-order valence-electron chi connectivity index (χ4n) is 0.797. The fraction of sp³-hybridized carbons (Fsp3) is 0.800. The Bertz CT molecular complexity index is 145. The number of hydrogen-bond donors (Lipinski definition) is 1. The minimum absolute atomic E-state index is 0.708. The van der Waals surface area contributed by atoms with E-state index >= 15 is 0 Å². The van der Waals surface area contributed by atoms with E-state index in [1.807, 2.05) is 0 Å². The van der Waals surface area contributed by atoms with E-state index in [0.717, 1.165) is 0 Å². The molecule has 0 aromatic heterocycles. The van der Waals surface area contributed by atoms with Gasteiger partial charge in [-0.3, -0.25) is 0 Å². The molecule has 1 atom stereocenters. The van der Waals surface area contributed by atoms with Crippen LogP contribution in [0.25, 0.3) is 0 Å². The lowest BCUT2D eigenvalue weighted by molar-refractivity contribution is -0.231. The molecule has 0 heterocycles. The van der Waals surface area contributed by atoms with E-state index in [-0.39, 0.29) is 0 Å². The molecule has 1 unspecified atom stereocenters. The molecule has 0 bridgehead atoms. The van der Waals surface area contributed by atoms with Crippen molar-refractivity contribution in [2.75, 3.05) is 0 Å². The largest absolute Gasteiger partial charge is 0.357 e. The molecule has 10 heavy (non-hydrogen) atoms. The second-order valence-corrected chi connectivity index (χ2v) is 2.24. The van der Waals surface area contributed by atoms with Gasteiger partial charge in [0.1, 0.15) is 0 Å². The van der Waals surface area contributed by atoms with Crippen molar-refractivity contribution in [3.63, 3.8) is 0 Å². The minimum atomic E-state index is -4.31. The molecule has 1 nitrogen and oxygen atoms in total. The third kappa shape index (κ3) is 0.801. The summed E-state index contributed by atoms with van der Waals surface area (Å²) in [6.45, 7) is 0. The van der Waals surface area contributed by atoms with E-state index in [4.69, 9.17) is 5.11 Å². The van der Waals surface area contributed by atoms with Crippen LogP contribution in [0.3, 0.4) is 0 Å². The predicted molar refractivity (Wildman–Crippen MR) is 24.6 cm³/mol. The fourth-order valence-corrected chi connectivity index (χ4v) is 0.797. The van der Waals surface area contributed by atoms with Crippen molar-refractivity contribution in [1.82, 2.24) is 0 Å². The lowest BCUT2D eigenvalue weighted by atomic mass is 10.2. The standard InChI is InChI=1S/C5H5F4O/c6-3-1-2-4(7,10)5(3,8)9/h10H,1-2H2. The maximum absolute atomic E-state index is 12.2. The van der Waals surface area contributed by atoms with Crippen molar-refractivity contribution in [2.45, 2.75) is 24.6 Å². The van der Waals surface area contributed by atoms with Gasteiger partial charge in [0.05, 0.1) is 0 Å². The maximum Gasteiger partial charge on any atom is 0.341 e. The summed E-state index contributed by atoms with van der Waals surface area (Å²) in [7, 11) is 0. The van der Waals surface area contributed by atoms with Crippen LogP contribution in [0.15, 0.2) is 0 Å².